The van der Waals surface area contributed by atoms with Gasteiger partial charge in [-0.3, -0.25) is 0 Å². The summed E-state index contributed by atoms with van der Waals surface area (Å²) in [4.78, 5) is 0. The molecule has 1 rings (SSSR count). The molecule has 1 heteroatoms. The SMILES string of the molecule is Cc1ccc(C(C)C(C)Cl)cc1C. The van der Waals surface area contributed by atoms with Crippen LogP contribution in [0, 0.1) is 13.8 Å². The quantitative estimate of drug-likeness (QED) is 0.627. The van der Waals surface area contributed by atoms with Gasteiger partial charge >= 0.3 is 0 Å². The van der Waals surface area contributed by atoms with E-state index >= 15 is 0 Å². The van der Waals surface area contributed by atoms with Gasteiger partial charge in [0, 0.05) is 5.38 Å². The Morgan fingerprint density at radius 2 is 1.69 bits per heavy atom. The van der Waals surface area contributed by atoms with E-state index in [4.69, 9.17) is 11.6 Å². The van der Waals surface area contributed by atoms with Crippen molar-refractivity contribution in [1.82, 2.24) is 0 Å². The Morgan fingerprint density at radius 3 is 2.15 bits per heavy atom. The summed E-state index contributed by atoms with van der Waals surface area (Å²) in [7, 11) is 0. The van der Waals surface area contributed by atoms with Crippen molar-refractivity contribution in [1.29, 1.82) is 0 Å². The predicted molar refractivity (Wildman–Crippen MR) is 59.6 cm³/mol. The van der Waals surface area contributed by atoms with Crippen molar-refractivity contribution in [2.75, 3.05) is 0 Å². The van der Waals surface area contributed by atoms with Crippen molar-refractivity contribution in [3.8, 4) is 0 Å². The molecule has 0 fully saturated rings. The van der Waals surface area contributed by atoms with Gasteiger partial charge < -0.3 is 0 Å². The summed E-state index contributed by atoms with van der Waals surface area (Å²) in [6.07, 6.45) is 0. The fourth-order valence-electron chi connectivity index (χ4n) is 1.31. The standard InChI is InChI=1S/C12H17Cl/c1-8-5-6-12(7-9(8)2)10(3)11(4)13/h5-7,10-11H,1-4H3. The van der Waals surface area contributed by atoms with E-state index in [1.807, 2.05) is 6.92 Å². The van der Waals surface area contributed by atoms with Gasteiger partial charge in [0.1, 0.15) is 0 Å². The highest BCUT2D eigenvalue weighted by atomic mass is 35.5. The minimum absolute atomic E-state index is 0.196. The lowest BCUT2D eigenvalue weighted by Gasteiger charge is -2.15. The summed E-state index contributed by atoms with van der Waals surface area (Å²) in [5.74, 6) is 0.431. The van der Waals surface area contributed by atoms with Gasteiger partial charge in [-0.05, 0) is 43.4 Å². The van der Waals surface area contributed by atoms with Crippen LogP contribution in [0.5, 0.6) is 0 Å². The molecule has 2 atom stereocenters. The number of hydrogen-bond donors (Lipinski definition) is 0. The van der Waals surface area contributed by atoms with Crippen molar-refractivity contribution in [2.24, 2.45) is 0 Å². The van der Waals surface area contributed by atoms with Crippen LogP contribution in [0.25, 0.3) is 0 Å². The maximum Gasteiger partial charge on any atom is 0.0373 e. The number of hydrogen-bond acceptors (Lipinski definition) is 0. The summed E-state index contributed by atoms with van der Waals surface area (Å²) in [6.45, 7) is 8.49. The van der Waals surface area contributed by atoms with Crippen LogP contribution in [-0.4, -0.2) is 5.38 Å². The van der Waals surface area contributed by atoms with Crippen LogP contribution < -0.4 is 0 Å². The molecule has 0 N–H and O–H groups in total. The molecule has 2 unspecified atom stereocenters. The monoisotopic (exact) mass is 196 g/mol. The molecule has 0 saturated heterocycles. The van der Waals surface area contributed by atoms with E-state index in [2.05, 4.69) is 39.0 Å². The molecular formula is C12H17Cl. The molecule has 0 spiro atoms. The van der Waals surface area contributed by atoms with E-state index < -0.39 is 0 Å². The minimum atomic E-state index is 0.196. The van der Waals surface area contributed by atoms with Gasteiger partial charge in [0.2, 0.25) is 0 Å². The fraction of sp³-hybridized carbons (Fsp3) is 0.500. The molecule has 0 bridgehead atoms. The van der Waals surface area contributed by atoms with E-state index in [0.29, 0.717) is 5.92 Å². The predicted octanol–water partition coefficient (Wildman–Crippen LogP) is 4.03. The Balaban J connectivity index is 2.97. The highest BCUT2D eigenvalue weighted by molar-refractivity contribution is 6.20. The highest BCUT2D eigenvalue weighted by Gasteiger charge is 2.11. The summed E-state index contributed by atoms with van der Waals surface area (Å²) in [6, 6.07) is 6.57. The number of benzene rings is 1. The van der Waals surface area contributed by atoms with Crippen molar-refractivity contribution in [3.63, 3.8) is 0 Å². The van der Waals surface area contributed by atoms with Gasteiger partial charge in [0.15, 0.2) is 0 Å². The maximum atomic E-state index is 6.05. The van der Waals surface area contributed by atoms with Crippen molar-refractivity contribution >= 4 is 11.6 Å². The molecule has 0 aliphatic rings. The van der Waals surface area contributed by atoms with Crippen molar-refractivity contribution in [2.45, 2.75) is 39.0 Å². The summed E-state index contributed by atoms with van der Waals surface area (Å²) < 4.78 is 0. The lowest BCUT2D eigenvalue weighted by atomic mass is 9.95. The third-order valence-corrected chi connectivity index (χ3v) is 3.12. The molecule has 0 saturated carbocycles. The largest absolute Gasteiger partial charge is 0.123 e. The fourth-order valence-corrected chi connectivity index (χ4v) is 1.46. The highest BCUT2D eigenvalue weighted by Crippen LogP contribution is 2.24. The second-order valence-corrected chi connectivity index (χ2v) is 4.50. The number of halogens is 1. The number of rotatable bonds is 2. The van der Waals surface area contributed by atoms with Gasteiger partial charge in [0.25, 0.3) is 0 Å². The Hall–Kier alpha value is -0.490. The number of alkyl halides is 1. The second-order valence-electron chi connectivity index (χ2n) is 3.81. The molecule has 13 heavy (non-hydrogen) atoms. The lowest BCUT2D eigenvalue weighted by Crippen LogP contribution is -2.05. The van der Waals surface area contributed by atoms with Gasteiger partial charge in [-0.2, -0.15) is 0 Å². The normalized spacial score (nSPS) is 15.5. The zero-order chi connectivity index (χ0) is 10.0. The first-order chi connectivity index (χ1) is 6.02. The second kappa shape index (κ2) is 4.15. The van der Waals surface area contributed by atoms with Crippen LogP contribution in [0.3, 0.4) is 0 Å². The van der Waals surface area contributed by atoms with Crippen molar-refractivity contribution < 1.29 is 0 Å². The van der Waals surface area contributed by atoms with E-state index in [9.17, 15) is 0 Å². The van der Waals surface area contributed by atoms with Crippen LogP contribution in [0.1, 0.15) is 36.5 Å². The summed E-state index contributed by atoms with van der Waals surface area (Å²) >= 11 is 6.05. The van der Waals surface area contributed by atoms with E-state index in [0.717, 1.165) is 0 Å². The Labute approximate surface area is 85.9 Å². The van der Waals surface area contributed by atoms with Gasteiger partial charge in [-0.15, -0.1) is 11.6 Å². The van der Waals surface area contributed by atoms with Gasteiger partial charge in [0.05, 0.1) is 0 Å². The average molecular weight is 197 g/mol. The molecule has 0 heterocycles. The van der Waals surface area contributed by atoms with Gasteiger partial charge in [-0.1, -0.05) is 25.1 Å². The first kappa shape index (κ1) is 10.6. The van der Waals surface area contributed by atoms with Crippen molar-refractivity contribution in [3.05, 3.63) is 34.9 Å². The van der Waals surface area contributed by atoms with Crippen LogP contribution >= 0.6 is 11.6 Å². The number of aryl methyl sites for hydroxylation is 2. The molecule has 1 aromatic carbocycles. The molecule has 0 aliphatic heterocycles. The average Bonchev–Trinajstić information content (AvgIpc) is 2.08. The van der Waals surface area contributed by atoms with Crippen LogP contribution in [0.15, 0.2) is 18.2 Å². The molecular weight excluding hydrogens is 180 g/mol. The Bertz CT molecular complexity index is 289. The minimum Gasteiger partial charge on any atom is -0.123 e. The van der Waals surface area contributed by atoms with E-state index in [1.165, 1.54) is 16.7 Å². The zero-order valence-electron chi connectivity index (χ0n) is 8.76. The lowest BCUT2D eigenvalue weighted by molar-refractivity contribution is 0.741. The third-order valence-electron chi connectivity index (χ3n) is 2.75. The molecule has 1 aromatic rings. The summed E-state index contributed by atoms with van der Waals surface area (Å²) in [5.41, 5.74) is 4.03. The Morgan fingerprint density at radius 1 is 1.08 bits per heavy atom. The molecule has 0 nitrogen and oxygen atoms in total. The maximum absolute atomic E-state index is 6.05. The van der Waals surface area contributed by atoms with E-state index in [-0.39, 0.29) is 5.38 Å². The molecule has 0 aromatic heterocycles. The molecule has 0 amide bonds. The molecule has 72 valence electrons. The zero-order valence-corrected chi connectivity index (χ0v) is 9.52. The first-order valence-electron chi connectivity index (χ1n) is 4.73. The molecule has 0 aliphatic carbocycles. The van der Waals surface area contributed by atoms with Crippen LogP contribution in [0.2, 0.25) is 0 Å². The van der Waals surface area contributed by atoms with E-state index in [1.54, 1.807) is 0 Å². The summed E-state index contributed by atoms with van der Waals surface area (Å²) in [5, 5.41) is 0.196. The molecule has 0 radical (unpaired) electrons. The van der Waals surface area contributed by atoms with Crippen LogP contribution in [-0.2, 0) is 0 Å². The first-order valence-corrected chi connectivity index (χ1v) is 5.17. The van der Waals surface area contributed by atoms with Crippen LogP contribution in [0.4, 0.5) is 0 Å². The smallest absolute Gasteiger partial charge is 0.0373 e. The topological polar surface area (TPSA) is 0 Å². The Kier molecular flexibility index (Phi) is 3.38. The third kappa shape index (κ3) is 2.47. The van der Waals surface area contributed by atoms with Gasteiger partial charge in [-0.25, -0.2) is 0 Å².